The Morgan fingerprint density at radius 2 is 1.88 bits per heavy atom. The van der Waals surface area contributed by atoms with E-state index >= 15 is 0 Å². The minimum Gasteiger partial charge on any atom is -0.329 e. The van der Waals surface area contributed by atoms with Crippen molar-refractivity contribution >= 4 is 11.9 Å². The van der Waals surface area contributed by atoms with Gasteiger partial charge in [-0.25, -0.2) is 13.6 Å². The maximum absolute atomic E-state index is 13.3. The number of carbonyl (C=O) groups is 2. The molecule has 1 saturated heterocycles. The molecule has 2 fully saturated rings. The minimum atomic E-state index is -0.656. The Kier molecular flexibility index (Phi) is 3.30. The van der Waals surface area contributed by atoms with E-state index in [-0.39, 0.29) is 30.4 Å². The SMILES string of the molecule is O=C1CNC(=O)N1[C@H]1C[C@@H]1c1ccc(-c2cc(F)cc(F)c2)nc1. The lowest BCUT2D eigenvalue weighted by molar-refractivity contribution is -0.125. The van der Waals surface area contributed by atoms with E-state index in [2.05, 4.69) is 10.3 Å². The molecule has 2 aliphatic rings. The Labute approximate surface area is 136 Å². The number of benzene rings is 1. The van der Waals surface area contributed by atoms with Crippen molar-refractivity contribution in [2.75, 3.05) is 6.54 Å². The number of hydrogen-bond acceptors (Lipinski definition) is 3. The number of urea groups is 1. The van der Waals surface area contributed by atoms with Crippen molar-refractivity contribution in [2.24, 2.45) is 0 Å². The molecule has 1 saturated carbocycles. The first-order valence-corrected chi connectivity index (χ1v) is 7.55. The molecule has 3 amide bonds. The Balaban J connectivity index is 1.53. The number of amides is 3. The van der Waals surface area contributed by atoms with Crippen LogP contribution in [-0.4, -0.2) is 34.4 Å². The second kappa shape index (κ2) is 5.36. The number of imide groups is 1. The molecule has 7 heteroatoms. The molecule has 24 heavy (non-hydrogen) atoms. The number of pyridine rings is 1. The molecule has 2 aromatic rings. The predicted molar refractivity (Wildman–Crippen MR) is 81.0 cm³/mol. The van der Waals surface area contributed by atoms with E-state index in [9.17, 15) is 18.4 Å². The highest BCUT2D eigenvalue weighted by Crippen LogP contribution is 2.45. The van der Waals surface area contributed by atoms with Gasteiger partial charge in [-0.1, -0.05) is 6.07 Å². The van der Waals surface area contributed by atoms with Crippen molar-refractivity contribution in [3.63, 3.8) is 0 Å². The van der Waals surface area contributed by atoms with E-state index in [1.54, 1.807) is 12.3 Å². The van der Waals surface area contributed by atoms with E-state index < -0.39 is 11.6 Å². The van der Waals surface area contributed by atoms with Crippen molar-refractivity contribution in [1.82, 2.24) is 15.2 Å². The first-order valence-electron chi connectivity index (χ1n) is 7.55. The molecule has 2 atom stereocenters. The smallest absolute Gasteiger partial charge is 0.324 e. The zero-order chi connectivity index (χ0) is 16.8. The van der Waals surface area contributed by atoms with Gasteiger partial charge in [-0.15, -0.1) is 0 Å². The fraction of sp³-hybridized carbons (Fsp3) is 0.235. The molecule has 0 unspecified atom stereocenters. The monoisotopic (exact) mass is 329 g/mol. The third-order valence-corrected chi connectivity index (χ3v) is 4.34. The van der Waals surface area contributed by atoms with Gasteiger partial charge in [-0.3, -0.25) is 14.7 Å². The van der Waals surface area contributed by atoms with Crippen LogP contribution in [0.25, 0.3) is 11.3 Å². The molecule has 5 nitrogen and oxygen atoms in total. The highest BCUT2D eigenvalue weighted by molar-refractivity contribution is 6.02. The zero-order valence-corrected chi connectivity index (χ0v) is 12.5. The van der Waals surface area contributed by atoms with Crippen LogP contribution in [0.3, 0.4) is 0 Å². The van der Waals surface area contributed by atoms with Crippen LogP contribution in [0.2, 0.25) is 0 Å². The molecule has 0 spiro atoms. The van der Waals surface area contributed by atoms with Gasteiger partial charge in [0.2, 0.25) is 5.91 Å². The summed E-state index contributed by atoms with van der Waals surface area (Å²) in [6.07, 6.45) is 2.33. The maximum atomic E-state index is 13.3. The van der Waals surface area contributed by atoms with Gasteiger partial charge in [0.15, 0.2) is 0 Å². The second-order valence-electron chi connectivity index (χ2n) is 5.97. The average Bonchev–Trinajstić information content (AvgIpc) is 3.25. The topological polar surface area (TPSA) is 62.3 Å². The Morgan fingerprint density at radius 1 is 1.12 bits per heavy atom. The molecule has 1 aliphatic carbocycles. The van der Waals surface area contributed by atoms with Gasteiger partial charge >= 0.3 is 6.03 Å². The highest BCUT2D eigenvalue weighted by Gasteiger charge is 2.49. The van der Waals surface area contributed by atoms with Crippen molar-refractivity contribution in [3.05, 3.63) is 53.7 Å². The predicted octanol–water partition coefficient (Wildman–Crippen LogP) is 2.43. The lowest BCUT2D eigenvalue weighted by Crippen LogP contribution is -2.33. The minimum absolute atomic E-state index is 0.0460. The normalized spacial score (nSPS) is 22.7. The molecular weight excluding hydrogens is 316 g/mol. The van der Waals surface area contributed by atoms with Crippen molar-refractivity contribution in [3.8, 4) is 11.3 Å². The van der Waals surface area contributed by atoms with Crippen LogP contribution < -0.4 is 5.32 Å². The number of nitrogens with zero attached hydrogens (tertiary/aromatic N) is 2. The first-order chi connectivity index (χ1) is 11.5. The average molecular weight is 329 g/mol. The lowest BCUT2D eigenvalue weighted by Gasteiger charge is -2.12. The van der Waals surface area contributed by atoms with E-state index in [0.717, 1.165) is 11.6 Å². The largest absolute Gasteiger partial charge is 0.329 e. The summed E-state index contributed by atoms with van der Waals surface area (Å²) in [7, 11) is 0. The van der Waals surface area contributed by atoms with E-state index in [4.69, 9.17) is 0 Å². The van der Waals surface area contributed by atoms with E-state index in [0.29, 0.717) is 17.7 Å². The summed E-state index contributed by atoms with van der Waals surface area (Å²) in [6.45, 7) is 0.0460. The third kappa shape index (κ3) is 2.51. The van der Waals surface area contributed by atoms with E-state index in [1.807, 2.05) is 6.07 Å². The molecule has 1 aromatic heterocycles. The van der Waals surface area contributed by atoms with Gasteiger partial charge in [-0.2, -0.15) is 0 Å². The standard InChI is InChI=1S/C17H13F2N3O2/c18-11-3-10(4-12(19)5-11)14-2-1-9(7-20-14)13-6-15(13)22-16(23)8-21-17(22)24/h1-5,7,13,15H,6,8H2,(H,21,24)/t13-,15+/m1/s1. The van der Waals surface area contributed by atoms with Gasteiger partial charge in [0.1, 0.15) is 11.6 Å². The molecule has 2 heterocycles. The van der Waals surface area contributed by atoms with Crippen molar-refractivity contribution in [2.45, 2.75) is 18.4 Å². The number of carbonyl (C=O) groups excluding carboxylic acids is 2. The van der Waals surface area contributed by atoms with Gasteiger partial charge in [0.25, 0.3) is 0 Å². The molecule has 122 valence electrons. The number of aromatic nitrogens is 1. The first kappa shape index (κ1) is 14.7. The summed E-state index contributed by atoms with van der Waals surface area (Å²) < 4.78 is 26.6. The molecule has 1 N–H and O–H groups in total. The van der Waals surface area contributed by atoms with Gasteiger partial charge in [-0.05, 0) is 30.2 Å². The Morgan fingerprint density at radius 3 is 2.46 bits per heavy atom. The van der Waals surface area contributed by atoms with Crippen LogP contribution in [0.4, 0.5) is 13.6 Å². The van der Waals surface area contributed by atoms with E-state index in [1.165, 1.54) is 17.0 Å². The van der Waals surface area contributed by atoms with Crippen LogP contribution in [0, 0.1) is 11.6 Å². The number of rotatable bonds is 3. The van der Waals surface area contributed by atoms with Crippen LogP contribution in [0.5, 0.6) is 0 Å². The summed E-state index contributed by atoms with van der Waals surface area (Å²) in [6, 6.07) is 6.26. The molecule has 1 aromatic carbocycles. The quantitative estimate of drug-likeness (QED) is 0.880. The summed E-state index contributed by atoms with van der Waals surface area (Å²) >= 11 is 0. The van der Waals surface area contributed by atoms with Gasteiger partial charge in [0.05, 0.1) is 12.2 Å². The fourth-order valence-corrected chi connectivity index (χ4v) is 3.09. The fourth-order valence-electron chi connectivity index (χ4n) is 3.09. The molecule has 4 rings (SSSR count). The molecule has 0 bridgehead atoms. The highest BCUT2D eigenvalue weighted by atomic mass is 19.1. The Hall–Kier alpha value is -2.83. The van der Waals surface area contributed by atoms with Crippen molar-refractivity contribution < 1.29 is 18.4 Å². The molecule has 1 aliphatic heterocycles. The summed E-state index contributed by atoms with van der Waals surface area (Å²) in [5.41, 5.74) is 1.72. The van der Waals surface area contributed by atoms with Crippen LogP contribution in [0.15, 0.2) is 36.5 Å². The van der Waals surface area contributed by atoms with Gasteiger partial charge in [0, 0.05) is 29.8 Å². The van der Waals surface area contributed by atoms with Crippen molar-refractivity contribution in [1.29, 1.82) is 0 Å². The summed E-state index contributed by atoms with van der Waals surface area (Å²) in [5, 5.41) is 2.50. The summed E-state index contributed by atoms with van der Waals surface area (Å²) in [4.78, 5) is 28.9. The number of hydrogen-bond donors (Lipinski definition) is 1. The van der Waals surface area contributed by atoms with Crippen LogP contribution in [0.1, 0.15) is 17.9 Å². The molecule has 0 radical (unpaired) electrons. The van der Waals surface area contributed by atoms with Gasteiger partial charge < -0.3 is 5.32 Å². The zero-order valence-electron chi connectivity index (χ0n) is 12.5. The lowest BCUT2D eigenvalue weighted by atomic mass is 10.1. The second-order valence-corrected chi connectivity index (χ2v) is 5.97. The van der Waals surface area contributed by atoms with Crippen LogP contribution in [-0.2, 0) is 4.79 Å². The van der Waals surface area contributed by atoms with Crippen LogP contribution >= 0.6 is 0 Å². The maximum Gasteiger partial charge on any atom is 0.324 e. The third-order valence-electron chi connectivity index (χ3n) is 4.34. The number of nitrogens with one attached hydrogen (secondary N) is 1. The summed E-state index contributed by atoms with van der Waals surface area (Å²) in [5.74, 6) is -1.47. The molecular formula is C17H13F2N3O2. The number of halogens is 2. The Bertz CT molecular complexity index is 802.